The fourth-order valence-electron chi connectivity index (χ4n) is 6.69. The summed E-state index contributed by atoms with van der Waals surface area (Å²) in [5.74, 6) is 2.74. The Balaban J connectivity index is 0.00000433. The van der Waals surface area contributed by atoms with Gasteiger partial charge in [0.2, 0.25) is 5.95 Å². The van der Waals surface area contributed by atoms with Gasteiger partial charge in [0.05, 0.1) is 24.5 Å². The highest BCUT2D eigenvalue weighted by molar-refractivity contribution is 5.88. The zero-order chi connectivity index (χ0) is 32.4. The standard InChI is InChI=1S/C34H47N9O3.ClH/c1-34(2,3)29-19-31(41(5)39-29)36-32(45)35-27-13-14-28(26-11-7-6-10-25(26)27)46-24-12-15-30-37-38-33(43(30)22-24)42-16-8-9-23(21-42)20-40(4)17-18-44;/h6-7,10-12,15,19,22-23,27-28,44H,8-9,13-14,16-18,20-21H2,1-5H3,(H2,35,36,45);1H/t23-,27-,28+;/m0./s1. The molecule has 13 heteroatoms. The summed E-state index contributed by atoms with van der Waals surface area (Å²) in [6.45, 7) is 9.95. The number of likely N-dealkylation sites (N-methyl/N-ethyl adjacent to an activating group) is 1. The monoisotopic (exact) mass is 665 g/mol. The summed E-state index contributed by atoms with van der Waals surface area (Å²) in [7, 11) is 3.90. The highest BCUT2D eigenvalue weighted by Gasteiger charge is 2.30. The molecule has 3 aromatic heterocycles. The first kappa shape index (κ1) is 34.5. The summed E-state index contributed by atoms with van der Waals surface area (Å²) in [6, 6.07) is 13.6. The highest BCUT2D eigenvalue weighted by atomic mass is 35.5. The molecule has 254 valence electrons. The average molecular weight is 666 g/mol. The molecule has 1 fully saturated rings. The van der Waals surface area contributed by atoms with E-state index in [4.69, 9.17) is 4.74 Å². The molecule has 0 spiro atoms. The minimum Gasteiger partial charge on any atom is -0.484 e. The molecule has 1 aliphatic heterocycles. The van der Waals surface area contributed by atoms with E-state index in [2.05, 4.69) is 75.7 Å². The van der Waals surface area contributed by atoms with E-state index in [9.17, 15) is 9.90 Å². The number of pyridine rings is 1. The van der Waals surface area contributed by atoms with Crippen LogP contribution in [0.4, 0.5) is 16.6 Å². The minimum absolute atomic E-state index is 0. The molecular weight excluding hydrogens is 618 g/mol. The van der Waals surface area contributed by atoms with Gasteiger partial charge in [-0.25, -0.2) is 4.79 Å². The molecule has 3 N–H and O–H groups in total. The molecule has 47 heavy (non-hydrogen) atoms. The van der Waals surface area contributed by atoms with Crippen LogP contribution in [0.3, 0.4) is 0 Å². The van der Waals surface area contributed by atoms with Crippen molar-refractivity contribution in [2.75, 3.05) is 50.1 Å². The maximum absolute atomic E-state index is 13.1. The van der Waals surface area contributed by atoms with Gasteiger partial charge in [-0.1, -0.05) is 45.0 Å². The number of anilines is 2. The van der Waals surface area contributed by atoms with Crippen molar-refractivity contribution in [3.8, 4) is 5.75 Å². The zero-order valence-electron chi connectivity index (χ0n) is 28.0. The number of ether oxygens (including phenoxy) is 1. The molecule has 12 nitrogen and oxygen atoms in total. The number of fused-ring (bicyclic) bond motifs is 2. The van der Waals surface area contributed by atoms with E-state index in [-0.39, 0.29) is 42.6 Å². The minimum atomic E-state index is -0.256. The Bertz CT molecular complexity index is 1670. The summed E-state index contributed by atoms with van der Waals surface area (Å²) in [5.41, 5.74) is 3.73. The lowest BCUT2D eigenvalue weighted by Gasteiger charge is -2.34. The fraction of sp³-hybridized carbons (Fsp3) is 0.529. The van der Waals surface area contributed by atoms with Crippen molar-refractivity contribution in [1.82, 2.24) is 34.6 Å². The number of amides is 2. The maximum Gasteiger partial charge on any atom is 0.320 e. The molecule has 6 rings (SSSR count). The van der Waals surface area contributed by atoms with Crippen LogP contribution in [-0.2, 0) is 12.5 Å². The van der Waals surface area contributed by atoms with E-state index < -0.39 is 0 Å². The number of hydrogen-bond acceptors (Lipinski definition) is 8. The normalized spacial score (nSPS) is 19.7. The van der Waals surface area contributed by atoms with Crippen LogP contribution in [0, 0.1) is 5.92 Å². The molecule has 1 aliphatic carbocycles. The van der Waals surface area contributed by atoms with Gasteiger partial charge < -0.3 is 25.0 Å². The van der Waals surface area contributed by atoms with Crippen LogP contribution < -0.4 is 20.3 Å². The predicted octanol–water partition coefficient (Wildman–Crippen LogP) is 5.10. The third kappa shape index (κ3) is 7.82. The van der Waals surface area contributed by atoms with Gasteiger partial charge in [-0.3, -0.25) is 14.4 Å². The van der Waals surface area contributed by atoms with Crippen LogP contribution in [0.15, 0.2) is 48.7 Å². The van der Waals surface area contributed by atoms with Gasteiger partial charge >= 0.3 is 6.03 Å². The Kier molecular flexibility index (Phi) is 10.6. The second-order valence-corrected chi connectivity index (χ2v) is 13.8. The molecule has 3 atom stereocenters. The Hall–Kier alpha value is -3.87. The van der Waals surface area contributed by atoms with Gasteiger partial charge in [-0.2, -0.15) is 5.10 Å². The zero-order valence-corrected chi connectivity index (χ0v) is 28.8. The number of nitrogens with one attached hydrogen (secondary N) is 2. The number of piperidine rings is 1. The van der Waals surface area contributed by atoms with Crippen molar-refractivity contribution in [1.29, 1.82) is 0 Å². The van der Waals surface area contributed by atoms with Gasteiger partial charge in [0.1, 0.15) is 17.7 Å². The number of nitrogens with zero attached hydrogens (tertiary/aromatic N) is 7. The van der Waals surface area contributed by atoms with Crippen molar-refractivity contribution in [2.45, 2.75) is 64.0 Å². The van der Waals surface area contributed by atoms with Crippen molar-refractivity contribution in [3.63, 3.8) is 0 Å². The van der Waals surface area contributed by atoms with E-state index in [1.54, 1.807) is 4.68 Å². The molecule has 1 saturated heterocycles. The number of hydrogen-bond donors (Lipinski definition) is 3. The van der Waals surface area contributed by atoms with E-state index in [0.717, 1.165) is 79.5 Å². The van der Waals surface area contributed by atoms with Crippen LogP contribution >= 0.6 is 12.4 Å². The largest absolute Gasteiger partial charge is 0.484 e. The highest BCUT2D eigenvalue weighted by Crippen LogP contribution is 2.39. The van der Waals surface area contributed by atoms with Gasteiger partial charge in [0.15, 0.2) is 5.65 Å². The molecule has 0 radical (unpaired) electrons. The predicted molar refractivity (Wildman–Crippen MR) is 186 cm³/mol. The molecule has 0 unspecified atom stereocenters. The first-order valence-corrected chi connectivity index (χ1v) is 16.4. The fourth-order valence-corrected chi connectivity index (χ4v) is 6.69. The molecule has 0 saturated carbocycles. The summed E-state index contributed by atoms with van der Waals surface area (Å²) >= 11 is 0. The smallest absolute Gasteiger partial charge is 0.320 e. The van der Waals surface area contributed by atoms with Gasteiger partial charge in [0, 0.05) is 44.7 Å². The van der Waals surface area contributed by atoms with E-state index in [1.807, 2.05) is 48.0 Å². The summed E-state index contributed by atoms with van der Waals surface area (Å²) in [4.78, 5) is 17.6. The molecule has 1 aromatic carbocycles. The van der Waals surface area contributed by atoms with E-state index in [0.29, 0.717) is 18.3 Å². The number of aryl methyl sites for hydroxylation is 1. The number of benzene rings is 1. The number of aromatic nitrogens is 5. The number of aliphatic hydroxyl groups is 1. The van der Waals surface area contributed by atoms with Crippen molar-refractivity contribution < 1.29 is 14.6 Å². The molecule has 4 heterocycles. The van der Waals surface area contributed by atoms with Crippen molar-refractivity contribution in [2.24, 2.45) is 13.0 Å². The summed E-state index contributed by atoms with van der Waals surface area (Å²) < 4.78 is 10.4. The van der Waals surface area contributed by atoms with Crippen LogP contribution in [-0.4, -0.2) is 80.2 Å². The van der Waals surface area contributed by atoms with E-state index in [1.165, 1.54) is 0 Å². The van der Waals surface area contributed by atoms with Gasteiger partial charge in [-0.05, 0) is 61.9 Å². The van der Waals surface area contributed by atoms with Crippen LogP contribution in [0.2, 0.25) is 0 Å². The number of halogens is 1. The number of rotatable bonds is 9. The van der Waals surface area contributed by atoms with Crippen molar-refractivity contribution >= 4 is 35.9 Å². The lowest BCUT2D eigenvalue weighted by Crippen LogP contribution is -2.41. The Morgan fingerprint density at radius 1 is 1.11 bits per heavy atom. The lowest BCUT2D eigenvalue weighted by atomic mass is 9.85. The number of aliphatic hydroxyl groups excluding tert-OH is 1. The molecule has 4 aromatic rings. The van der Waals surface area contributed by atoms with Crippen LogP contribution in [0.5, 0.6) is 5.75 Å². The molecule has 0 bridgehead atoms. The quantitative estimate of drug-likeness (QED) is 0.226. The third-order valence-electron chi connectivity index (χ3n) is 9.12. The van der Waals surface area contributed by atoms with Crippen LogP contribution in [0.25, 0.3) is 5.65 Å². The summed E-state index contributed by atoms with van der Waals surface area (Å²) in [6.07, 6.45) is 5.60. The van der Waals surface area contributed by atoms with Gasteiger partial charge in [0.25, 0.3) is 0 Å². The van der Waals surface area contributed by atoms with Gasteiger partial charge in [-0.15, -0.1) is 22.6 Å². The lowest BCUT2D eigenvalue weighted by molar-refractivity contribution is 0.171. The van der Waals surface area contributed by atoms with Crippen LogP contribution in [0.1, 0.15) is 75.4 Å². The number of urea groups is 1. The Labute approximate surface area is 282 Å². The molecule has 2 aliphatic rings. The second-order valence-electron chi connectivity index (χ2n) is 13.8. The third-order valence-corrected chi connectivity index (χ3v) is 9.12. The average Bonchev–Trinajstić information content (AvgIpc) is 3.61. The van der Waals surface area contributed by atoms with Crippen molar-refractivity contribution in [3.05, 3.63) is 65.5 Å². The molecule has 2 amide bonds. The SMILES string of the molecule is CN(CCO)C[C@@H]1CCCN(c2nnc3ccc(O[C@@H]4CC[C@H](NC(=O)Nc5cc(C(C)(C)C)nn5C)c5ccccc54)cn23)C1.Cl. The first-order chi connectivity index (χ1) is 22.1. The second kappa shape index (κ2) is 14.5. The Morgan fingerprint density at radius 3 is 2.64 bits per heavy atom. The maximum atomic E-state index is 13.1. The summed E-state index contributed by atoms with van der Waals surface area (Å²) in [5, 5.41) is 29.0. The first-order valence-electron chi connectivity index (χ1n) is 16.4. The number of carbonyl (C=O) groups is 1. The van der Waals surface area contributed by atoms with E-state index >= 15 is 0 Å². The topological polar surface area (TPSA) is 125 Å². The molecular formula is C34H48ClN9O3. The Morgan fingerprint density at radius 2 is 1.89 bits per heavy atom. The number of carbonyl (C=O) groups excluding carboxylic acids is 1.